The standard InChI is InChI=1S/C16H30N2O3S/c1-14-16(8-12-21-14)22(19,20)18-11-6-7-15(13-18)17-9-4-2-3-5-10-17/h14-16H,2-13H2,1H3. The summed E-state index contributed by atoms with van der Waals surface area (Å²) in [6.45, 7) is 6.13. The number of hydrogen-bond acceptors (Lipinski definition) is 4. The molecule has 3 rings (SSSR count). The average Bonchev–Trinajstić information content (AvgIpc) is 2.79. The molecule has 5 nitrogen and oxygen atoms in total. The summed E-state index contributed by atoms with van der Waals surface area (Å²) < 4.78 is 33.1. The van der Waals surface area contributed by atoms with Crippen molar-refractivity contribution >= 4 is 10.0 Å². The molecule has 0 aliphatic carbocycles. The second-order valence-electron chi connectivity index (χ2n) is 7.05. The van der Waals surface area contributed by atoms with E-state index in [4.69, 9.17) is 4.74 Å². The third-order valence-corrected chi connectivity index (χ3v) is 8.00. The van der Waals surface area contributed by atoms with Gasteiger partial charge in [-0.15, -0.1) is 0 Å². The zero-order chi connectivity index (χ0) is 15.6. The molecule has 128 valence electrons. The van der Waals surface area contributed by atoms with Gasteiger partial charge in [-0.25, -0.2) is 12.7 Å². The van der Waals surface area contributed by atoms with Crippen LogP contribution in [0.5, 0.6) is 0 Å². The normalized spacial score (nSPS) is 36.3. The van der Waals surface area contributed by atoms with Crippen LogP contribution in [0.15, 0.2) is 0 Å². The summed E-state index contributed by atoms with van der Waals surface area (Å²) >= 11 is 0. The first-order chi connectivity index (χ1) is 10.6. The Bertz CT molecular complexity index is 460. The minimum absolute atomic E-state index is 0.163. The highest BCUT2D eigenvalue weighted by Gasteiger charge is 2.41. The maximum absolute atomic E-state index is 12.9. The third kappa shape index (κ3) is 3.50. The van der Waals surface area contributed by atoms with Crippen molar-refractivity contribution in [2.24, 2.45) is 0 Å². The number of sulfonamides is 1. The topological polar surface area (TPSA) is 49.9 Å². The summed E-state index contributed by atoms with van der Waals surface area (Å²) in [5.74, 6) is 0. The maximum Gasteiger partial charge on any atom is 0.219 e. The molecule has 22 heavy (non-hydrogen) atoms. The van der Waals surface area contributed by atoms with E-state index in [0.29, 0.717) is 32.2 Å². The Morgan fingerprint density at radius 1 is 0.955 bits per heavy atom. The first kappa shape index (κ1) is 16.7. The number of hydrogen-bond donors (Lipinski definition) is 0. The first-order valence-corrected chi connectivity index (χ1v) is 10.4. The van der Waals surface area contributed by atoms with Gasteiger partial charge in [0.1, 0.15) is 5.25 Å². The summed E-state index contributed by atoms with van der Waals surface area (Å²) in [7, 11) is -3.21. The van der Waals surface area contributed by atoms with Crippen LogP contribution in [0.3, 0.4) is 0 Å². The molecule has 0 bridgehead atoms. The van der Waals surface area contributed by atoms with Crippen molar-refractivity contribution in [3.8, 4) is 0 Å². The lowest BCUT2D eigenvalue weighted by molar-refractivity contribution is 0.122. The SMILES string of the molecule is CC1OCCC1S(=O)(=O)N1CCCC(N2CCCCCC2)C1. The smallest absolute Gasteiger partial charge is 0.219 e. The van der Waals surface area contributed by atoms with Crippen molar-refractivity contribution < 1.29 is 13.2 Å². The summed E-state index contributed by atoms with van der Waals surface area (Å²) in [6.07, 6.45) is 7.78. The van der Waals surface area contributed by atoms with Crippen LogP contribution < -0.4 is 0 Å². The molecule has 3 fully saturated rings. The number of piperidine rings is 1. The molecule has 0 spiro atoms. The van der Waals surface area contributed by atoms with Gasteiger partial charge in [0.15, 0.2) is 0 Å². The van der Waals surface area contributed by atoms with Gasteiger partial charge in [0, 0.05) is 25.7 Å². The molecule has 0 saturated carbocycles. The van der Waals surface area contributed by atoms with Gasteiger partial charge in [-0.3, -0.25) is 4.90 Å². The van der Waals surface area contributed by atoms with Crippen LogP contribution in [0.25, 0.3) is 0 Å². The van der Waals surface area contributed by atoms with Gasteiger partial charge in [-0.2, -0.15) is 0 Å². The van der Waals surface area contributed by atoms with E-state index in [1.807, 2.05) is 6.92 Å². The number of nitrogens with zero attached hydrogens (tertiary/aromatic N) is 2. The Kier molecular flexibility index (Phi) is 5.43. The van der Waals surface area contributed by atoms with E-state index in [2.05, 4.69) is 4.90 Å². The van der Waals surface area contributed by atoms with E-state index in [-0.39, 0.29) is 11.4 Å². The lowest BCUT2D eigenvalue weighted by atomic mass is 10.1. The molecule has 0 radical (unpaired) electrons. The summed E-state index contributed by atoms with van der Waals surface area (Å²) in [5.41, 5.74) is 0. The van der Waals surface area contributed by atoms with Crippen LogP contribution in [-0.2, 0) is 14.8 Å². The van der Waals surface area contributed by atoms with Gasteiger partial charge >= 0.3 is 0 Å². The number of rotatable bonds is 3. The van der Waals surface area contributed by atoms with Crippen molar-refractivity contribution in [2.45, 2.75) is 69.3 Å². The van der Waals surface area contributed by atoms with Gasteiger partial charge in [-0.05, 0) is 52.1 Å². The van der Waals surface area contributed by atoms with Crippen LogP contribution in [0.4, 0.5) is 0 Å². The quantitative estimate of drug-likeness (QED) is 0.792. The van der Waals surface area contributed by atoms with E-state index >= 15 is 0 Å². The highest BCUT2D eigenvalue weighted by Crippen LogP contribution is 2.28. The second-order valence-corrected chi connectivity index (χ2v) is 9.20. The molecule has 0 N–H and O–H groups in total. The van der Waals surface area contributed by atoms with E-state index in [1.165, 1.54) is 25.7 Å². The Morgan fingerprint density at radius 2 is 1.68 bits per heavy atom. The fourth-order valence-corrected chi connectivity index (χ4v) is 6.31. The molecule has 0 aromatic rings. The average molecular weight is 330 g/mol. The van der Waals surface area contributed by atoms with Crippen molar-refractivity contribution in [1.82, 2.24) is 9.21 Å². The van der Waals surface area contributed by atoms with Crippen LogP contribution in [0.2, 0.25) is 0 Å². The highest BCUT2D eigenvalue weighted by atomic mass is 32.2. The zero-order valence-corrected chi connectivity index (χ0v) is 14.6. The first-order valence-electron chi connectivity index (χ1n) is 8.93. The van der Waals surface area contributed by atoms with Gasteiger partial charge < -0.3 is 4.74 Å². The molecule has 0 aromatic heterocycles. The van der Waals surface area contributed by atoms with E-state index < -0.39 is 10.0 Å². The molecular weight excluding hydrogens is 300 g/mol. The van der Waals surface area contributed by atoms with E-state index in [9.17, 15) is 8.42 Å². The highest BCUT2D eigenvalue weighted by molar-refractivity contribution is 7.89. The Hall–Kier alpha value is -0.170. The second kappa shape index (κ2) is 7.16. The van der Waals surface area contributed by atoms with Crippen molar-refractivity contribution in [1.29, 1.82) is 0 Å². The Labute approximate surface area is 135 Å². The summed E-state index contributed by atoms with van der Waals surface area (Å²) in [5, 5.41) is -0.338. The molecule has 6 heteroatoms. The Morgan fingerprint density at radius 3 is 2.32 bits per heavy atom. The molecule has 0 amide bonds. The molecule has 3 saturated heterocycles. The summed E-state index contributed by atoms with van der Waals surface area (Å²) in [4.78, 5) is 2.54. The van der Waals surface area contributed by atoms with Crippen LogP contribution in [0, 0.1) is 0 Å². The third-order valence-electron chi connectivity index (χ3n) is 5.57. The van der Waals surface area contributed by atoms with E-state index in [0.717, 1.165) is 25.9 Å². The van der Waals surface area contributed by atoms with Crippen molar-refractivity contribution in [2.75, 3.05) is 32.8 Å². The number of likely N-dealkylation sites (tertiary alicyclic amines) is 1. The molecule has 3 aliphatic heterocycles. The molecular formula is C16H30N2O3S. The molecule has 0 aromatic carbocycles. The van der Waals surface area contributed by atoms with Crippen LogP contribution in [0.1, 0.15) is 51.9 Å². The molecule has 3 unspecified atom stereocenters. The predicted octanol–water partition coefficient (Wildman–Crippen LogP) is 1.83. The van der Waals surface area contributed by atoms with Gasteiger partial charge in [0.05, 0.1) is 6.10 Å². The fraction of sp³-hybridized carbons (Fsp3) is 1.00. The minimum atomic E-state index is -3.21. The maximum atomic E-state index is 12.9. The zero-order valence-electron chi connectivity index (χ0n) is 13.7. The van der Waals surface area contributed by atoms with Gasteiger partial charge in [0.2, 0.25) is 10.0 Å². The number of ether oxygens (including phenoxy) is 1. The van der Waals surface area contributed by atoms with Gasteiger partial charge in [0.25, 0.3) is 0 Å². The molecule has 3 aliphatic rings. The molecule has 3 heterocycles. The lowest BCUT2D eigenvalue weighted by Crippen LogP contribution is -2.52. The van der Waals surface area contributed by atoms with Gasteiger partial charge in [-0.1, -0.05) is 12.8 Å². The lowest BCUT2D eigenvalue weighted by Gasteiger charge is -2.39. The molecule has 3 atom stereocenters. The largest absolute Gasteiger partial charge is 0.377 e. The van der Waals surface area contributed by atoms with Crippen molar-refractivity contribution in [3.63, 3.8) is 0 Å². The fourth-order valence-electron chi connectivity index (χ4n) is 4.21. The monoisotopic (exact) mass is 330 g/mol. The Balaban J connectivity index is 1.66. The van der Waals surface area contributed by atoms with E-state index in [1.54, 1.807) is 4.31 Å². The predicted molar refractivity (Wildman–Crippen MR) is 87.4 cm³/mol. The van der Waals surface area contributed by atoms with Crippen LogP contribution >= 0.6 is 0 Å². The minimum Gasteiger partial charge on any atom is -0.377 e. The van der Waals surface area contributed by atoms with Crippen molar-refractivity contribution in [3.05, 3.63) is 0 Å². The van der Waals surface area contributed by atoms with Crippen LogP contribution in [-0.4, -0.2) is 67.8 Å². The summed E-state index contributed by atoms with van der Waals surface area (Å²) in [6, 6.07) is 0.416.